The molecular formula is C19H26N6O5S2. The minimum atomic E-state index is -3.60. The summed E-state index contributed by atoms with van der Waals surface area (Å²) in [4.78, 5) is 18.6. The van der Waals surface area contributed by atoms with Gasteiger partial charge in [0.15, 0.2) is 9.84 Å². The zero-order chi connectivity index (χ0) is 22.9. The van der Waals surface area contributed by atoms with Crippen LogP contribution in [0.15, 0.2) is 35.5 Å². The molecule has 4 rings (SSSR count). The Morgan fingerprint density at radius 1 is 1.25 bits per heavy atom. The van der Waals surface area contributed by atoms with Crippen molar-refractivity contribution in [2.24, 2.45) is 0 Å². The molecule has 2 aromatic heterocycles. The summed E-state index contributed by atoms with van der Waals surface area (Å²) in [5.41, 5.74) is 0.693. The first kappa shape index (κ1) is 22.8. The number of hydrogen-bond donors (Lipinski definition) is 1. The van der Waals surface area contributed by atoms with Gasteiger partial charge in [0.05, 0.1) is 29.8 Å². The van der Waals surface area contributed by atoms with Crippen LogP contribution in [0.4, 0.5) is 5.82 Å². The molecule has 2 saturated heterocycles. The van der Waals surface area contributed by atoms with Crippen LogP contribution < -0.4 is 5.32 Å². The molecule has 0 spiro atoms. The van der Waals surface area contributed by atoms with Crippen LogP contribution in [-0.4, -0.2) is 90.9 Å². The van der Waals surface area contributed by atoms with Crippen molar-refractivity contribution < 1.29 is 21.6 Å². The summed E-state index contributed by atoms with van der Waals surface area (Å²) < 4.78 is 52.0. The number of hydrogen-bond acceptors (Lipinski definition) is 8. The Morgan fingerprint density at radius 2 is 2.00 bits per heavy atom. The zero-order valence-corrected chi connectivity index (χ0v) is 19.3. The maximum absolute atomic E-state index is 12.7. The number of rotatable bonds is 6. The fourth-order valence-corrected chi connectivity index (χ4v) is 7.10. The first-order valence-corrected chi connectivity index (χ1v) is 13.6. The predicted molar refractivity (Wildman–Crippen MR) is 117 cm³/mol. The number of carbonyl (C=O) groups excluding carboxylic acids is 1. The lowest BCUT2D eigenvalue weighted by molar-refractivity contribution is -0.117. The molecule has 0 radical (unpaired) electrons. The van der Waals surface area contributed by atoms with Gasteiger partial charge in [-0.3, -0.25) is 14.7 Å². The van der Waals surface area contributed by atoms with Crippen LogP contribution in [0.3, 0.4) is 0 Å². The van der Waals surface area contributed by atoms with E-state index in [0.29, 0.717) is 31.0 Å². The van der Waals surface area contributed by atoms with E-state index >= 15 is 0 Å². The summed E-state index contributed by atoms with van der Waals surface area (Å²) in [7, 11) is -6.68. The van der Waals surface area contributed by atoms with Gasteiger partial charge in [-0.1, -0.05) is 0 Å². The Labute approximate surface area is 187 Å². The van der Waals surface area contributed by atoms with Crippen LogP contribution in [-0.2, 0) is 24.7 Å². The molecule has 1 N–H and O–H groups in total. The van der Waals surface area contributed by atoms with Gasteiger partial charge in [0.1, 0.15) is 10.7 Å². The summed E-state index contributed by atoms with van der Waals surface area (Å²) in [6.07, 6.45) is 3.32. The quantitative estimate of drug-likeness (QED) is 0.603. The van der Waals surface area contributed by atoms with Gasteiger partial charge < -0.3 is 5.32 Å². The number of aromatic nitrogens is 3. The molecule has 174 valence electrons. The fourth-order valence-electron chi connectivity index (χ4n) is 4.02. The number of anilines is 1. The highest BCUT2D eigenvalue weighted by atomic mass is 32.2. The van der Waals surface area contributed by atoms with Crippen LogP contribution in [0.5, 0.6) is 0 Å². The third-order valence-electron chi connectivity index (χ3n) is 5.65. The second kappa shape index (κ2) is 8.89. The first-order chi connectivity index (χ1) is 15.1. The van der Waals surface area contributed by atoms with Gasteiger partial charge >= 0.3 is 0 Å². The highest BCUT2D eigenvalue weighted by molar-refractivity contribution is 7.91. The number of piperazine rings is 1. The van der Waals surface area contributed by atoms with E-state index in [0.717, 1.165) is 0 Å². The summed E-state index contributed by atoms with van der Waals surface area (Å²) in [5.74, 6) is 0.364. The lowest BCUT2D eigenvalue weighted by atomic mass is 10.3. The number of carbonyl (C=O) groups is 1. The van der Waals surface area contributed by atoms with E-state index in [1.54, 1.807) is 23.7 Å². The Balaban J connectivity index is 1.34. The third kappa shape index (κ3) is 5.00. The lowest BCUT2D eigenvalue weighted by Gasteiger charge is -2.33. The molecule has 2 aromatic rings. The molecule has 0 unspecified atom stereocenters. The van der Waals surface area contributed by atoms with E-state index in [1.165, 1.54) is 22.8 Å². The van der Waals surface area contributed by atoms with E-state index < -0.39 is 19.9 Å². The van der Waals surface area contributed by atoms with Gasteiger partial charge in [-0.15, -0.1) is 0 Å². The predicted octanol–water partition coefficient (Wildman–Crippen LogP) is -0.109. The van der Waals surface area contributed by atoms with Crippen molar-refractivity contribution in [3.8, 4) is 0 Å². The molecule has 2 fully saturated rings. The number of aryl methyl sites for hydroxylation is 1. The largest absolute Gasteiger partial charge is 0.310 e. The molecule has 32 heavy (non-hydrogen) atoms. The van der Waals surface area contributed by atoms with Crippen LogP contribution in [0.2, 0.25) is 0 Å². The van der Waals surface area contributed by atoms with Crippen molar-refractivity contribution in [1.82, 2.24) is 24.0 Å². The molecule has 0 bridgehead atoms. The average molecular weight is 483 g/mol. The van der Waals surface area contributed by atoms with Crippen LogP contribution >= 0.6 is 0 Å². The fraction of sp³-hybridized carbons (Fsp3) is 0.526. The highest BCUT2D eigenvalue weighted by Crippen LogP contribution is 2.27. The number of nitrogens with one attached hydrogen (secondary N) is 1. The Bertz CT molecular complexity index is 1190. The van der Waals surface area contributed by atoms with E-state index in [1.807, 2.05) is 4.90 Å². The molecule has 11 nitrogen and oxygen atoms in total. The lowest BCUT2D eigenvalue weighted by Crippen LogP contribution is -2.50. The summed E-state index contributed by atoms with van der Waals surface area (Å²) in [6, 6.07) is 4.54. The smallest absolute Gasteiger partial charge is 0.244 e. The molecule has 0 aromatic carbocycles. The molecule has 0 saturated carbocycles. The summed E-state index contributed by atoms with van der Waals surface area (Å²) >= 11 is 0. The molecule has 2 aliphatic rings. The van der Waals surface area contributed by atoms with Crippen molar-refractivity contribution in [3.05, 3.63) is 36.3 Å². The second-order valence-corrected chi connectivity index (χ2v) is 12.3. The summed E-state index contributed by atoms with van der Waals surface area (Å²) in [5, 5.41) is 7.20. The van der Waals surface area contributed by atoms with Gasteiger partial charge in [0.25, 0.3) is 0 Å². The van der Waals surface area contributed by atoms with E-state index in [-0.39, 0.29) is 48.0 Å². The molecular weight excluding hydrogens is 456 g/mol. The summed E-state index contributed by atoms with van der Waals surface area (Å²) in [6.45, 7) is 3.30. The number of sulfonamides is 1. The standard InChI is InChI=1S/C19H26N6O5S2/c1-15-11-18(25(22-15)16-4-10-31(27,28)14-16)21-19(26)13-23-6-8-24(9-7-23)32(29,30)17-3-2-5-20-12-17/h2-3,5,11-12,16H,4,6-10,13-14H2,1H3,(H,21,26)/t16-/m0/s1. The molecule has 13 heteroatoms. The minimum Gasteiger partial charge on any atom is -0.310 e. The van der Waals surface area contributed by atoms with Gasteiger partial charge in [-0.05, 0) is 25.5 Å². The minimum absolute atomic E-state index is 0.0182. The van der Waals surface area contributed by atoms with E-state index in [4.69, 9.17) is 0 Å². The van der Waals surface area contributed by atoms with Gasteiger partial charge in [0.2, 0.25) is 15.9 Å². The molecule has 2 aliphatic heterocycles. The van der Waals surface area contributed by atoms with E-state index in [2.05, 4.69) is 15.4 Å². The second-order valence-electron chi connectivity index (χ2n) is 8.09. The topological polar surface area (TPSA) is 135 Å². The van der Waals surface area contributed by atoms with Crippen LogP contribution in [0.1, 0.15) is 18.2 Å². The monoisotopic (exact) mass is 482 g/mol. The zero-order valence-electron chi connectivity index (χ0n) is 17.7. The highest BCUT2D eigenvalue weighted by Gasteiger charge is 2.32. The Hall–Kier alpha value is -2.35. The molecule has 0 aliphatic carbocycles. The Morgan fingerprint density at radius 3 is 2.62 bits per heavy atom. The Kier molecular flexibility index (Phi) is 6.34. The van der Waals surface area contributed by atoms with Gasteiger partial charge in [0, 0.05) is 44.6 Å². The first-order valence-electron chi connectivity index (χ1n) is 10.3. The van der Waals surface area contributed by atoms with Crippen molar-refractivity contribution >= 4 is 31.6 Å². The SMILES string of the molecule is Cc1cc(NC(=O)CN2CCN(S(=O)(=O)c3cccnc3)CC2)n([C@H]2CCS(=O)(=O)C2)n1. The number of amides is 1. The average Bonchev–Trinajstić information content (AvgIpc) is 3.30. The third-order valence-corrected chi connectivity index (χ3v) is 9.28. The molecule has 4 heterocycles. The van der Waals surface area contributed by atoms with Crippen LogP contribution in [0, 0.1) is 6.92 Å². The van der Waals surface area contributed by atoms with E-state index in [9.17, 15) is 21.6 Å². The number of pyridine rings is 1. The van der Waals surface area contributed by atoms with Crippen molar-refractivity contribution in [2.75, 3.05) is 49.5 Å². The molecule has 1 amide bonds. The maximum atomic E-state index is 12.7. The number of nitrogens with zero attached hydrogens (tertiary/aromatic N) is 5. The van der Waals surface area contributed by atoms with Gasteiger partial charge in [-0.2, -0.15) is 9.40 Å². The number of sulfone groups is 1. The van der Waals surface area contributed by atoms with Crippen molar-refractivity contribution in [1.29, 1.82) is 0 Å². The van der Waals surface area contributed by atoms with Crippen molar-refractivity contribution in [2.45, 2.75) is 24.3 Å². The molecule has 1 atom stereocenters. The van der Waals surface area contributed by atoms with Crippen LogP contribution in [0.25, 0.3) is 0 Å². The van der Waals surface area contributed by atoms with Gasteiger partial charge in [-0.25, -0.2) is 21.5 Å². The maximum Gasteiger partial charge on any atom is 0.244 e. The van der Waals surface area contributed by atoms with Crippen molar-refractivity contribution in [3.63, 3.8) is 0 Å². The normalized spacial score (nSPS) is 22.1.